The van der Waals surface area contributed by atoms with Gasteiger partial charge in [0.2, 0.25) is 0 Å². The van der Waals surface area contributed by atoms with Gasteiger partial charge in [0, 0.05) is 10.4 Å². The molecule has 2 atom stereocenters. The Labute approximate surface area is 119 Å². The Kier molecular flexibility index (Phi) is 3.31. The summed E-state index contributed by atoms with van der Waals surface area (Å²) in [5.74, 6) is -0.179. The normalized spacial score (nSPS) is 23.6. The van der Waals surface area contributed by atoms with Gasteiger partial charge in [-0.3, -0.25) is 4.79 Å². The molecule has 2 N–H and O–H groups in total. The van der Waals surface area contributed by atoms with Crippen LogP contribution in [0.4, 0.5) is 0 Å². The monoisotopic (exact) mass is 322 g/mol. The first-order chi connectivity index (χ1) is 9.15. The molecule has 0 radical (unpaired) electrons. The van der Waals surface area contributed by atoms with Gasteiger partial charge < -0.3 is 10.1 Å². The standard InChI is InChI=1S/C14H15BrN2O2/c15-8-5-6-11-12(7-8)17-13(16-11)9-3-1-2-4-10(9)14(18)19/h5-7,9-10H,1-4H2,(H,16,17)(H,18,19)/t9-,10+/m0/s1. The third-order valence-electron chi connectivity index (χ3n) is 3.90. The number of nitrogens with zero attached hydrogens (tertiary/aromatic N) is 1. The van der Waals surface area contributed by atoms with Crippen LogP contribution in [0.1, 0.15) is 37.4 Å². The Hall–Kier alpha value is -1.36. The number of carbonyl (C=O) groups is 1. The lowest BCUT2D eigenvalue weighted by Gasteiger charge is -2.26. The van der Waals surface area contributed by atoms with Crippen LogP contribution in [0.15, 0.2) is 22.7 Å². The molecular weight excluding hydrogens is 308 g/mol. The summed E-state index contributed by atoms with van der Waals surface area (Å²) in [4.78, 5) is 19.2. The van der Waals surface area contributed by atoms with E-state index in [4.69, 9.17) is 0 Å². The highest BCUT2D eigenvalue weighted by atomic mass is 79.9. The predicted molar refractivity (Wildman–Crippen MR) is 76.1 cm³/mol. The van der Waals surface area contributed by atoms with E-state index in [1.807, 2.05) is 18.2 Å². The van der Waals surface area contributed by atoms with Crippen LogP contribution in [0.25, 0.3) is 11.0 Å². The lowest BCUT2D eigenvalue weighted by atomic mass is 9.79. The SMILES string of the molecule is O=C(O)[C@@H]1CCCC[C@@H]1c1nc2ccc(Br)cc2[nH]1. The molecule has 1 fully saturated rings. The maximum Gasteiger partial charge on any atom is 0.307 e. The Morgan fingerprint density at radius 2 is 2.16 bits per heavy atom. The highest BCUT2D eigenvalue weighted by Gasteiger charge is 2.33. The molecule has 1 saturated carbocycles. The summed E-state index contributed by atoms with van der Waals surface area (Å²) in [5.41, 5.74) is 1.85. The van der Waals surface area contributed by atoms with E-state index >= 15 is 0 Å². The molecule has 0 bridgehead atoms. The number of aromatic nitrogens is 2. The van der Waals surface area contributed by atoms with E-state index in [9.17, 15) is 9.90 Å². The van der Waals surface area contributed by atoms with Crippen LogP contribution >= 0.6 is 15.9 Å². The van der Waals surface area contributed by atoms with E-state index in [-0.39, 0.29) is 11.8 Å². The van der Waals surface area contributed by atoms with Crippen molar-refractivity contribution < 1.29 is 9.90 Å². The Balaban J connectivity index is 1.99. The average Bonchev–Trinajstić information content (AvgIpc) is 2.81. The van der Waals surface area contributed by atoms with E-state index in [0.29, 0.717) is 0 Å². The minimum absolute atomic E-state index is 0.0115. The van der Waals surface area contributed by atoms with Crippen molar-refractivity contribution in [2.45, 2.75) is 31.6 Å². The van der Waals surface area contributed by atoms with Crippen molar-refractivity contribution >= 4 is 32.9 Å². The number of H-pyrrole nitrogens is 1. The third kappa shape index (κ3) is 2.39. The molecule has 1 aliphatic rings. The number of carboxylic acids is 1. The third-order valence-corrected chi connectivity index (χ3v) is 4.39. The second-order valence-electron chi connectivity index (χ2n) is 5.12. The summed E-state index contributed by atoms with van der Waals surface area (Å²) < 4.78 is 0.994. The van der Waals surface area contributed by atoms with Crippen LogP contribution in [-0.2, 0) is 4.79 Å². The Morgan fingerprint density at radius 3 is 2.95 bits per heavy atom. The number of rotatable bonds is 2. The molecule has 1 aromatic heterocycles. The topological polar surface area (TPSA) is 66.0 Å². The van der Waals surface area contributed by atoms with E-state index in [1.54, 1.807) is 0 Å². The number of fused-ring (bicyclic) bond motifs is 1. The number of imidazole rings is 1. The number of aromatic amines is 1. The van der Waals surface area contributed by atoms with Gasteiger partial charge in [0.25, 0.3) is 0 Å². The second kappa shape index (κ2) is 4.96. The quantitative estimate of drug-likeness (QED) is 0.886. The van der Waals surface area contributed by atoms with E-state index in [2.05, 4.69) is 25.9 Å². The molecule has 0 saturated heterocycles. The van der Waals surface area contributed by atoms with E-state index in [0.717, 1.165) is 47.0 Å². The Bertz CT molecular complexity index is 623. The number of carboxylic acid groups (broad SMARTS) is 1. The molecule has 0 spiro atoms. The van der Waals surface area contributed by atoms with Crippen molar-refractivity contribution in [3.63, 3.8) is 0 Å². The number of nitrogens with one attached hydrogen (secondary N) is 1. The van der Waals surface area contributed by atoms with E-state index < -0.39 is 5.97 Å². The molecule has 0 unspecified atom stereocenters. The number of hydrogen-bond acceptors (Lipinski definition) is 2. The zero-order valence-electron chi connectivity index (χ0n) is 10.4. The summed E-state index contributed by atoms with van der Waals surface area (Å²) in [6.45, 7) is 0. The zero-order chi connectivity index (χ0) is 13.4. The van der Waals surface area contributed by atoms with Crippen LogP contribution in [0.5, 0.6) is 0 Å². The summed E-state index contributed by atoms with van der Waals surface area (Å²) in [6, 6.07) is 5.87. The fourth-order valence-corrected chi connectivity index (χ4v) is 3.29. The molecule has 5 heteroatoms. The summed E-state index contributed by atoms with van der Waals surface area (Å²) in [7, 11) is 0. The molecule has 0 aliphatic heterocycles. The van der Waals surface area contributed by atoms with Gasteiger partial charge in [0.1, 0.15) is 5.82 Å². The number of benzene rings is 1. The lowest BCUT2D eigenvalue weighted by molar-refractivity contribution is -0.143. The molecule has 3 rings (SSSR count). The molecule has 0 amide bonds. The molecule has 1 aliphatic carbocycles. The van der Waals surface area contributed by atoms with E-state index in [1.165, 1.54) is 0 Å². The van der Waals surface area contributed by atoms with Crippen LogP contribution in [-0.4, -0.2) is 21.0 Å². The van der Waals surface area contributed by atoms with Crippen molar-refractivity contribution in [2.24, 2.45) is 5.92 Å². The van der Waals surface area contributed by atoms with Crippen molar-refractivity contribution in [2.75, 3.05) is 0 Å². The first-order valence-corrected chi connectivity index (χ1v) is 7.32. The van der Waals surface area contributed by atoms with Gasteiger partial charge >= 0.3 is 5.97 Å². The first kappa shape index (κ1) is 12.7. The number of halogens is 1. The molecule has 19 heavy (non-hydrogen) atoms. The first-order valence-electron chi connectivity index (χ1n) is 6.53. The van der Waals surface area contributed by atoms with Crippen LogP contribution in [0, 0.1) is 5.92 Å². The maximum atomic E-state index is 11.4. The van der Waals surface area contributed by atoms with Crippen molar-refractivity contribution in [3.05, 3.63) is 28.5 Å². The maximum absolute atomic E-state index is 11.4. The van der Waals surface area contributed by atoms with Crippen molar-refractivity contribution in [3.8, 4) is 0 Å². The van der Waals surface area contributed by atoms with Gasteiger partial charge in [-0.2, -0.15) is 0 Å². The molecule has 4 nitrogen and oxygen atoms in total. The van der Waals surface area contributed by atoms with Gasteiger partial charge in [-0.1, -0.05) is 28.8 Å². The fraction of sp³-hybridized carbons (Fsp3) is 0.429. The molecule has 1 heterocycles. The van der Waals surface area contributed by atoms with Crippen LogP contribution < -0.4 is 0 Å². The average molecular weight is 323 g/mol. The van der Waals surface area contributed by atoms with Gasteiger partial charge in [0.15, 0.2) is 0 Å². The lowest BCUT2D eigenvalue weighted by Crippen LogP contribution is -2.26. The highest BCUT2D eigenvalue weighted by Crippen LogP contribution is 2.37. The molecule has 2 aromatic rings. The minimum Gasteiger partial charge on any atom is -0.481 e. The molecule has 1 aromatic carbocycles. The Morgan fingerprint density at radius 1 is 1.37 bits per heavy atom. The van der Waals surface area contributed by atoms with Gasteiger partial charge in [0.05, 0.1) is 17.0 Å². The fourth-order valence-electron chi connectivity index (χ4n) is 2.93. The van der Waals surface area contributed by atoms with Crippen molar-refractivity contribution in [1.82, 2.24) is 9.97 Å². The highest BCUT2D eigenvalue weighted by molar-refractivity contribution is 9.10. The molecular formula is C14H15BrN2O2. The largest absolute Gasteiger partial charge is 0.481 e. The van der Waals surface area contributed by atoms with Crippen molar-refractivity contribution in [1.29, 1.82) is 0 Å². The number of hydrogen-bond donors (Lipinski definition) is 2. The van der Waals surface area contributed by atoms with Crippen LogP contribution in [0.2, 0.25) is 0 Å². The van der Waals surface area contributed by atoms with Gasteiger partial charge in [-0.15, -0.1) is 0 Å². The summed E-state index contributed by atoms with van der Waals surface area (Å²) >= 11 is 3.43. The molecule has 100 valence electrons. The zero-order valence-corrected chi connectivity index (χ0v) is 12.0. The second-order valence-corrected chi connectivity index (χ2v) is 6.03. The minimum atomic E-state index is -0.702. The summed E-state index contributed by atoms with van der Waals surface area (Å²) in [6.07, 6.45) is 3.73. The van der Waals surface area contributed by atoms with Gasteiger partial charge in [-0.25, -0.2) is 4.98 Å². The number of aliphatic carboxylic acids is 1. The van der Waals surface area contributed by atoms with Crippen LogP contribution in [0.3, 0.4) is 0 Å². The predicted octanol–water partition coefficient (Wildman–Crippen LogP) is 3.68. The van der Waals surface area contributed by atoms with Gasteiger partial charge in [-0.05, 0) is 31.0 Å². The smallest absolute Gasteiger partial charge is 0.307 e. The summed E-state index contributed by atoms with van der Waals surface area (Å²) in [5, 5.41) is 9.34.